The molecule has 0 aromatic heterocycles. The van der Waals surface area contributed by atoms with Gasteiger partial charge < -0.3 is 15.1 Å². The van der Waals surface area contributed by atoms with Gasteiger partial charge in [0.15, 0.2) is 0 Å². The second kappa shape index (κ2) is 7.86. The van der Waals surface area contributed by atoms with E-state index in [0.717, 1.165) is 43.6 Å². The molecule has 0 saturated carbocycles. The molecule has 1 aliphatic rings. The Balaban J connectivity index is 1.82. The van der Waals surface area contributed by atoms with Gasteiger partial charge >= 0.3 is 6.03 Å². The van der Waals surface area contributed by atoms with Crippen LogP contribution in [0.15, 0.2) is 22.7 Å². The molecule has 0 bridgehead atoms. The van der Waals surface area contributed by atoms with Crippen LogP contribution >= 0.6 is 15.9 Å². The number of nitrogens with zero attached hydrogens (tertiary/aromatic N) is 2. The first-order chi connectivity index (χ1) is 10.5. The first-order valence-corrected chi connectivity index (χ1v) is 8.80. The van der Waals surface area contributed by atoms with Crippen LogP contribution in [-0.4, -0.2) is 43.7 Å². The minimum atomic E-state index is 0.0744. The molecule has 2 amide bonds. The quantitative estimate of drug-likeness (QED) is 0.881. The lowest BCUT2D eigenvalue weighted by Crippen LogP contribution is -2.52. The van der Waals surface area contributed by atoms with Crippen molar-refractivity contribution in [2.75, 3.05) is 37.6 Å². The molecule has 1 aliphatic heterocycles. The maximum absolute atomic E-state index is 12.1. The minimum absolute atomic E-state index is 0.0744. The van der Waals surface area contributed by atoms with Gasteiger partial charge in [-0.2, -0.15) is 0 Å². The zero-order valence-corrected chi connectivity index (χ0v) is 15.3. The first-order valence-electron chi connectivity index (χ1n) is 8.01. The van der Waals surface area contributed by atoms with Gasteiger partial charge in [0.25, 0.3) is 0 Å². The third-order valence-electron chi connectivity index (χ3n) is 4.09. The predicted octanol–water partition coefficient (Wildman–Crippen LogP) is 3.64. The Morgan fingerprint density at radius 1 is 1.27 bits per heavy atom. The third kappa shape index (κ3) is 4.63. The highest BCUT2D eigenvalue weighted by Gasteiger charge is 2.21. The molecule has 0 aliphatic carbocycles. The van der Waals surface area contributed by atoms with Crippen LogP contribution in [0.25, 0.3) is 0 Å². The Bertz CT molecular complexity index is 511. The standard InChI is InChI=1S/C17H26BrN3O/c1-13(2)6-7-19-17(22)21-10-8-20(9-11-21)15-5-4-14(3)16(18)12-15/h4-5,12-13H,6-11H2,1-3H3,(H,19,22). The van der Waals surface area contributed by atoms with Gasteiger partial charge in [-0.25, -0.2) is 4.79 Å². The molecule has 0 radical (unpaired) electrons. The van der Waals surface area contributed by atoms with Crippen molar-refractivity contribution >= 4 is 27.6 Å². The summed E-state index contributed by atoms with van der Waals surface area (Å²) >= 11 is 3.59. The van der Waals surface area contributed by atoms with Gasteiger partial charge in [-0.05, 0) is 37.0 Å². The van der Waals surface area contributed by atoms with Crippen molar-refractivity contribution in [2.45, 2.75) is 27.2 Å². The summed E-state index contributed by atoms with van der Waals surface area (Å²) in [5, 5.41) is 3.02. The number of nitrogens with one attached hydrogen (secondary N) is 1. The molecule has 1 N–H and O–H groups in total. The van der Waals surface area contributed by atoms with E-state index < -0.39 is 0 Å². The Hall–Kier alpha value is -1.23. The van der Waals surface area contributed by atoms with Crippen LogP contribution in [0.4, 0.5) is 10.5 Å². The van der Waals surface area contributed by atoms with E-state index in [2.05, 4.69) is 65.1 Å². The Kier molecular flexibility index (Phi) is 6.12. The number of rotatable bonds is 4. The van der Waals surface area contributed by atoms with Crippen molar-refractivity contribution in [1.82, 2.24) is 10.2 Å². The largest absolute Gasteiger partial charge is 0.368 e. The molecule has 122 valence electrons. The summed E-state index contributed by atoms with van der Waals surface area (Å²) in [6, 6.07) is 6.52. The number of urea groups is 1. The Morgan fingerprint density at radius 2 is 1.95 bits per heavy atom. The number of piperazine rings is 1. The zero-order chi connectivity index (χ0) is 16.1. The highest BCUT2D eigenvalue weighted by Crippen LogP contribution is 2.24. The van der Waals surface area contributed by atoms with Crippen molar-refractivity contribution in [1.29, 1.82) is 0 Å². The summed E-state index contributed by atoms with van der Waals surface area (Å²) in [5.74, 6) is 0.622. The number of anilines is 1. The Labute approximate surface area is 142 Å². The lowest BCUT2D eigenvalue weighted by atomic mass is 10.1. The van der Waals surface area contributed by atoms with E-state index in [1.807, 2.05) is 4.90 Å². The molecule has 2 rings (SSSR count). The summed E-state index contributed by atoms with van der Waals surface area (Å²) in [6.07, 6.45) is 1.03. The Morgan fingerprint density at radius 3 is 2.55 bits per heavy atom. The molecular weight excluding hydrogens is 342 g/mol. The number of carbonyl (C=O) groups is 1. The molecular formula is C17H26BrN3O. The maximum atomic E-state index is 12.1. The van der Waals surface area contributed by atoms with Gasteiger partial charge in [0, 0.05) is 42.9 Å². The number of benzene rings is 1. The van der Waals surface area contributed by atoms with Crippen molar-refractivity contribution < 1.29 is 4.79 Å². The fourth-order valence-electron chi connectivity index (χ4n) is 2.53. The van der Waals surface area contributed by atoms with Crippen molar-refractivity contribution in [3.05, 3.63) is 28.2 Å². The molecule has 1 aromatic rings. The summed E-state index contributed by atoms with van der Waals surface area (Å²) in [5.41, 5.74) is 2.46. The number of carbonyl (C=O) groups excluding carboxylic acids is 1. The molecule has 1 fully saturated rings. The highest BCUT2D eigenvalue weighted by atomic mass is 79.9. The number of amides is 2. The van der Waals surface area contributed by atoms with Crippen LogP contribution < -0.4 is 10.2 Å². The van der Waals surface area contributed by atoms with E-state index in [4.69, 9.17) is 0 Å². The fourth-order valence-corrected chi connectivity index (χ4v) is 2.89. The van der Waals surface area contributed by atoms with E-state index in [9.17, 15) is 4.79 Å². The molecule has 1 aromatic carbocycles. The second-order valence-electron chi connectivity index (χ2n) is 6.32. The smallest absolute Gasteiger partial charge is 0.317 e. The second-order valence-corrected chi connectivity index (χ2v) is 7.18. The summed E-state index contributed by atoms with van der Waals surface area (Å²) < 4.78 is 1.14. The normalized spacial score (nSPS) is 15.3. The minimum Gasteiger partial charge on any atom is -0.368 e. The van der Waals surface area contributed by atoms with E-state index in [0.29, 0.717) is 5.92 Å². The van der Waals surface area contributed by atoms with E-state index in [1.165, 1.54) is 11.3 Å². The lowest BCUT2D eigenvalue weighted by molar-refractivity contribution is 0.194. The summed E-state index contributed by atoms with van der Waals surface area (Å²) in [6.45, 7) is 10.5. The molecule has 0 spiro atoms. The molecule has 0 atom stereocenters. The van der Waals surface area contributed by atoms with Crippen molar-refractivity contribution in [2.24, 2.45) is 5.92 Å². The van der Waals surface area contributed by atoms with Crippen molar-refractivity contribution in [3.63, 3.8) is 0 Å². The number of aryl methyl sites for hydroxylation is 1. The average Bonchev–Trinajstić information content (AvgIpc) is 2.50. The predicted molar refractivity (Wildman–Crippen MR) is 95.5 cm³/mol. The van der Waals surface area contributed by atoms with Gasteiger partial charge in [-0.3, -0.25) is 0 Å². The van der Waals surface area contributed by atoms with Crippen LogP contribution in [0.2, 0.25) is 0 Å². The third-order valence-corrected chi connectivity index (χ3v) is 4.94. The van der Waals surface area contributed by atoms with E-state index in [1.54, 1.807) is 0 Å². The number of halogens is 1. The molecule has 4 nitrogen and oxygen atoms in total. The van der Waals surface area contributed by atoms with Gasteiger partial charge in [-0.15, -0.1) is 0 Å². The molecule has 22 heavy (non-hydrogen) atoms. The highest BCUT2D eigenvalue weighted by molar-refractivity contribution is 9.10. The topological polar surface area (TPSA) is 35.6 Å². The van der Waals surface area contributed by atoms with Gasteiger partial charge in [-0.1, -0.05) is 35.8 Å². The SMILES string of the molecule is Cc1ccc(N2CCN(C(=O)NCCC(C)C)CC2)cc1Br. The monoisotopic (exact) mass is 367 g/mol. The van der Waals surface area contributed by atoms with Crippen LogP contribution in [0, 0.1) is 12.8 Å². The fraction of sp³-hybridized carbons (Fsp3) is 0.588. The maximum Gasteiger partial charge on any atom is 0.317 e. The average molecular weight is 368 g/mol. The summed E-state index contributed by atoms with van der Waals surface area (Å²) in [4.78, 5) is 16.4. The molecule has 5 heteroatoms. The van der Waals surface area contributed by atoms with E-state index >= 15 is 0 Å². The van der Waals surface area contributed by atoms with E-state index in [-0.39, 0.29) is 6.03 Å². The molecule has 1 heterocycles. The van der Waals surface area contributed by atoms with Crippen LogP contribution in [0.5, 0.6) is 0 Å². The molecule has 0 unspecified atom stereocenters. The summed E-state index contributed by atoms with van der Waals surface area (Å²) in [7, 11) is 0. The van der Waals surface area contributed by atoms with Gasteiger partial charge in [0.05, 0.1) is 0 Å². The molecule has 1 saturated heterocycles. The van der Waals surface area contributed by atoms with Crippen molar-refractivity contribution in [3.8, 4) is 0 Å². The van der Waals surface area contributed by atoms with Gasteiger partial charge in [0.2, 0.25) is 0 Å². The number of hydrogen-bond donors (Lipinski definition) is 1. The van der Waals surface area contributed by atoms with Crippen LogP contribution in [0.3, 0.4) is 0 Å². The van der Waals surface area contributed by atoms with Gasteiger partial charge in [0.1, 0.15) is 0 Å². The van der Waals surface area contributed by atoms with Crippen LogP contribution in [0.1, 0.15) is 25.8 Å². The zero-order valence-electron chi connectivity index (χ0n) is 13.7. The first kappa shape index (κ1) is 17.1. The lowest BCUT2D eigenvalue weighted by Gasteiger charge is -2.36. The van der Waals surface area contributed by atoms with Crippen LogP contribution in [-0.2, 0) is 0 Å². The number of hydrogen-bond acceptors (Lipinski definition) is 2.